The fourth-order valence-corrected chi connectivity index (χ4v) is 1.92. The normalized spacial score (nSPS) is 12.8. The number of aliphatic hydroxyl groups excluding tert-OH is 1. The summed E-state index contributed by atoms with van der Waals surface area (Å²) in [4.78, 5) is 0. The lowest BCUT2D eigenvalue weighted by molar-refractivity contribution is -0.137. The standard InChI is InChI=1S/C16H11F3O/c1-2-11-8-9-13(10-14(11)16(17,18)19)15(20)12-6-4-3-5-7-12/h1,3-10,15,20H. The molecule has 0 heterocycles. The average molecular weight is 276 g/mol. The van der Waals surface area contributed by atoms with Gasteiger partial charge in [0.15, 0.2) is 0 Å². The zero-order valence-corrected chi connectivity index (χ0v) is 10.4. The van der Waals surface area contributed by atoms with Gasteiger partial charge < -0.3 is 5.11 Å². The van der Waals surface area contributed by atoms with Crippen LogP contribution in [-0.4, -0.2) is 5.11 Å². The zero-order chi connectivity index (χ0) is 14.8. The highest BCUT2D eigenvalue weighted by Gasteiger charge is 2.33. The van der Waals surface area contributed by atoms with Gasteiger partial charge in [0.1, 0.15) is 6.10 Å². The van der Waals surface area contributed by atoms with E-state index in [4.69, 9.17) is 6.42 Å². The van der Waals surface area contributed by atoms with Crippen molar-refractivity contribution in [2.45, 2.75) is 12.3 Å². The fourth-order valence-electron chi connectivity index (χ4n) is 1.92. The van der Waals surface area contributed by atoms with E-state index in [0.29, 0.717) is 5.56 Å². The third-order valence-corrected chi connectivity index (χ3v) is 2.94. The molecule has 0 amide bonds. The molecule has 20 heavy (non-hydrogen) atoms. The first-order chi connectivity index (χ1) is 9.43. The van der Waals surface area contributed by atoms with Crippen molar-refractivity contribution in [2.24, 2.45) is 0 Å². The lowest BCUT2D eigenvalue weighted by Gasteiger charge is -2.15. The SMILES string of the molecule is C#Cc1ccc(C(O)c2ccccc2)cc1C(F)(F)F. The van der Waals surface area contributed by atoms with Crippen LogP contribution in [0.15, 0.2) is 48.5 Å². The average Bonchev–Trinajstić information content (AvgIpc) is 2.46. The number of hydrogen-bond donors (Lipinski definition) is 1. The van der Waals surface area contributed by atoms with Crippen molar-refractivity contribution < 1.29 is 18.3 Å². The molecule has 0 bridgehead atoms. The van der Waals surface area contributed by atoms with Crippen LogP contribution in [0.3, 0.4) is 0 Å². The van der Waals surface area contributed by atoms with Crippen molar-refractivity contribution in [1.29, 1.82) is 0 Å². The lowest BCUT2D eigenvalue weighted by atomic mass is 9.97. The molecule has 1 N–H and O–H groups in total. The zero-order valence-electron chi connectivity index (χ0n) is 10.4. The maximum atomic E-state index is 12.9. The Morgan fingerprint density at radius 3 is 2.20 bits per heavy atom. The molecule has 1 nitrogen and oxygen atoms in total. The van der Waals surface area contributed by atoms with E-state index < -0.39 is 17.8 Å². The Kier molecular flexibility index (Phi) is 3.82. The van der Waals surface area contributed by atoms with Crippen LogP contribution in [0.4, 0.5) is 13.2 Å². The summed E-state index contributed by atoms with van der Waals surface area (Å²) in [6.45, 7) is 0. The van der Waals surface area contributed by atoms with Gasteiger partial charge in [-0.15, -0.1) is 6.42 Å². The van der Waals surface area contributed by atoms with Crippen LogP contribution in [0.2, 0.25) is 0 Å². The quantitative estimate of drug-likeness (QED) is 0.828. The van der Waals surface area contributed by atoms with Crippen molar-refractivity contribution in [3.63, 3.8) is 0 Å². The second-order valence-electron chi connectivity index (χ2n) is 4.26. The molecule has 0 aliphatic heterocycles. The summed E-state index contributed by atoms with van der Waals surface area (Å²) in [6, 6.07) is 12.0. The van der Waals surface area contributed by atoms with Crippen LogP contribution in [0, 0.1) is 12.3 Å². The molecular weight excluding hydrogens is 265 g/mol. The number of benzene rings is 2. The van der Waals surface area contributed by atoms with Crippen LogP contribution in [0.25, 0.3) is 0 Å². The van der Waals surface area contributed by atoms with Gasteiger partial charge in [-0.05, 0) is 23.3 Å². The van der Waals surface area contributed by atoms with Crippen LogP contribution < -0.4 is 0 Å². The van der Waals surface area contributed by atoms with Crippen molar-refractivity contribution >= 4 is 0 Å². The molecule has 2 aromatic carbocycles. The number of aliphatic hydroxyl groups is 1. The van der Waals surface area contributed by atoms with Crippen LogP contribution >= 0.6 is 0 Å². The third-order valence-electron chi connectivity index (χ3n) is 2.94. The monoisotopic (exact) mass is 276 g/mol. The summed E-state index contributed by atoms with van der Waals surface area (Å²) in [5, 5.41) is 10.1. The molecule has 2 aromatic rings. The first kappa shape index (κ1) is 14.2. The van der Waals surface area contributed by atoms with Crippen molar-refractivity contribution in [2.75, 3.05) is 0 Å². The molecule has 0 spiro atoms. The highest BCUT2D eigenvalue weighted by Crippen LogP contribution is 2.34. The Labute approximate surface area is 114 Å². The molecule has 1 unspecified atom stereocenters. The number of terminal acetylenes is 1. The first-order valence-electron chi connectivity index (χ1n) is 5.84. The van der Waals surface area contributed by atoms with E-state index in [-0.39, 0.29) is 11.1 Å². The Morgan fingerprint density at radius 2 is 1.65 bits per heavy atom. The lowest BCUT2D eigenvalue weighted by Crippen LogP contribution is -2.10. The van der Waals surface area contributed by atoms with Gasteiger partial charge in [0.25, 0.3) is 0 Å². The van der Waals surface area contributed by atoms with Gasteiger partial charge in [0, 0.05) is 5.56 Å². The number of rotatable bonds is 2. The second kappa shape index (κ2) is 5.40. The largest absolute Gasteiger partial charge is 0.417 e. The molecule has 0 saturated carbocycles. The fraction of sp³-hybridized carbons (Fsp3) is 0.125. The van der Waals surface area contributed by atoms with Gasteiger partial charge in [-0.3, -0.25) is 0 Å². The van der Waals surface area contributed by atoms with E-state index >= 15 is 0 Å². The summed E-state index contributed by atoms with van der Waals surface area (Å²) >= 11 is 0. The minimum absolute atomic E-state index is 0.155. The van der Waals surface area contributed by atoms with Gasteiger partial charge in [-0.25, -0.2) is 0 Å². The Balaban J connectivity index is 2.47. The summed E-state index contributed by atoms with van der Waals surface area (Å²) in [6.07, 6.45) is -0.597. The predicted molar refractivity (Wildman–Crippen MR) is 69.9 cm³/mol. The molecule has 0 aliphatic rings. The Hall–Kier alpha value is -2.25. The number of hydrogen-bond acceptors (Lipinski definition) is 1. The summed E-state index contributed by atoms with van der Waals surface area (Å²) < 4.78 is 38.7. The minimum atomic E-state index is -4.55. The van der Waals surface area contributed by atoms with E-state index in [1.165, 1.54) is 12.1 Å². The third kappa shape index (κ3) is 2.84. The molecule has 0 aromatic heterocycles. The van der Waals surface area contributed by atoms with E-state index in [1.54, 1.807) is 30.3 Å². The van der Waals surface area contributed by atoms with E-state index in [1.807, 2.05) is 5.92 Å². The van der Waals surface area contributed by atoms with Crippen molar-refractivity contribution in [3.05, 3.63) is 70.8 Å². The molecule has 0 radical (unpaired) electrons. The molecule has 102 valence electrons. The predicted octanol–water partition coefficient (Wildman–Crippen LogP) is 3.77. The van der Waals surface area contributed by atoms with E-state index in [2.05, 4.69) is 0 Å². The highest BCUT2D eigenvalue weighted by atomic mass is 19.4. The first-order valence-corrected chi connectivity index (χ1v) is 5.84. The van der Waals surface area contributed by atoms with Crippen LogP contribution in [0.1, 0.15) is 28.4 Å². The molecule has 0 fully saturated rings. The van der Waals surface area contributed by atoms with Crippen molar-refractivity contribution in [1.82, 2.24) is 0 Å². The summed E-state index contributed by atoms with van der Waals surface area (Å²) in [5.41, 5.74) is -0.467. The van der Waals surface area contributed by atoms with Crippen molar-refractivity contribution in [3.8, 4) is 12.3 Å². The summed E-state index contributed by atoms with van der Waals surface area (Å²) in [7, 11) is 0. The molecule has 1 atom stereocenters. The Morgan fingerprint density at radius 1 is 1.00 bits per heavy atom. The molecule has 0 saturated heterocycles. The molecule has 2 rings (SSSR count). The maximum absolute atomic E-state index is 12.9. The topological polar surface area (TPSA) is 20.2 Å². The van der Waals surface area contributed by atoms with Gasteiger partial charge in [0.05, 0.1) is 5.56 Å². The van der Waals surface area contributed by atoms with Crippen LogP contribution in [0.5, 0.6) is 0 Å². The summed E-state index contributed by atoms with van der Waals surface area (Å²) in [5.74, 6) is 2.01. The molecule has 4 heteroatoms. The maximum Gasteiger partial charge on any atom is 0.417 e. The van der Waals surface area contributed by atoms with Gasteiger partial charge in [-0.2, -0.15) is 13.2 Å². The van der Waals surface area contributed by atoms with Gasteiger partial charge in [0.2, 0.25) is 0 Å². The highest BCUT2D eigenvalue weighted by molar-refractivity contribution is 5.45. The van der Waals surface area contributed by atoms with Gasteiger partial charge in [-0.1, -0.05) is 42.3 Å². The molecular formula is C16H11F3O. The van der Waals surface area contributed by atoms with E-state index in [0.717, 1.165) is 6.07 Å². The molecule has 0 aliphatic carbocycles. The smallest absolute Gasteiger partial charge is 0.384 e. The van der Waals surface area contributed by atoms with Crippen LogP contribution in [-0.2, 0) is 6.18 Å². The van der Waals surface area contributed by atoms with Gasteiger partial charge >= 0.3 is 6.18 Å². The second-order valence-corrected chi connectivity index (χ2v) is 4.26. The van der Waals surface area contributed by atoms with E-state index in [9.17, 15) is 18.3 Å². The Bertz CT molecular complexity index is 639. The minimum Gasteiger partial charge on any atom is -0.384 e. The number of halogens is 3. The number of alkyl halides is 3.